The molecule has 1 aromatic carbocycles. The van der Waals surface area contributed by atoms with Gasteiger partial charge in [0.25, 0.3) is 5.91 Å². The van der Waals surface area contributed by atoms with Crippen molar-refractivity contribution in [2.45, 2.75) is 26.3 Å². The third kappa shape index (κ3) is 3.78. The van der Waals surface area contributed by atoms with Crippen LogP contribution >= 0.6 is 11.3 Å². The number of hydrogen-bond acceptors (Lipinski definition) is 4. The molecule has 2 aromatic heterocycles. The summed E-state index contributed by atoms with van der Waals surface area (Å²) in [4.78, 5) is 22.4. The van der Waals surface area contributed by atoms with Crippen LogP contribution in [-0.4, -0.2) is 33.9 Å². The molecule has 0 spiro atoms. The number of carbonyl (C=O) groups excluding carboxylic acids is 1. The standard InChI is InChI=1S/C19H21FN4OS/c1-12-3-2-6-24(9-12)10-15-11-26-19(21-15)23-18(25)17-8-13-7-14(20)4-5-16(13)22-17/h4-5,7-8,11-12,22H,2-3,6,9-10H2,1H3,(H,21,23,25). The van der Waals surface area contributed by atoms with Crippen LogP contribution in [0, 0.1) is 11.7 Å². The molecule has 1 atom stereocenters. The predicted octanol–water partition coefficient (Wildman–Crippen LogP) is 4.25. The Labute approximate surface area is 155 Å². The molecule has 0 bridgehead atoms. The van der Waals surface area contributed by atoms with E-state index in [4.69, 9.17) is 0 Å². The molecule has 136 valence electrons. The van der Waals surface area contributed by atoms with Gasteiger partial charge in [0.05, 0.1) is 5.69 Å². The van der Waals surface area contributed by atoms with Gasteiger partial charge in [-0.3, -0.25) is 15.0 Å². The van der Waals surface area contributed by atoms with Crippen LogP contribution in [0.4, 0.5) is 9.52 Å². The molecular formula is C19H21FN4OS. The number of carbonyl (C=O) groups is 1. The Bertz CT molecular complexity index is 935. The SMILES string of the molecule is CC1CCCN(Cc2csc(NC(=O)c3cc4cc(F)ccc4[nH]3)n2)C1. The maximum Gasteiger partial charge on any atom is 0.273 e. The van der Waals surface area contributed by atoms with E-state index in [2.05, 4.69) is 27.1 Å². The van der Waals surface area contributed by atoms with Crippen molar-refractivity contribution in [2.24, 2.45) is 5.92 Å². The summed E-state index contributed by atoms with van der Waals surface area (Å²) >= 11 is 1.43. The molecule has 3 aromatic rings. The van der Waals surface area contributed by atoms with E-state index in [-0.39, 0.29) is 11.7 Å². The number of nitrogens with one attached hydrogen (secondary N) is 2. The van der Waals surface area contributed by atoms with Gasteiger partial charge in [0, 0.05) is 29.4 Å². The summed E-state index contributed by atoms with van der Waals surface area (Å²) in [6.45, 7) is 5.31. The number of amides is 1. The first-order chi connectivity index (χ1) is 12.6. The third-order valence-corrected chi connectivity index (χ3v) is 5.53. The minimum Gasteiger partial charge on any atom is -0.351 e. The van der Waals surface area contributed by atoms with Crippen molar-refractivity contribution in [3.8, 4) is 0 Å². The van der Waals surface area contributed by atoms with Crippen molar-refractivity contribution in [2.75, 3.05) is 18.4 Å². The number of benzene rings is 1. The summed E-state index contributed by atoms with van der Waals surface area (Å²) in [6, 6.07) is 6.05. The lowest BCUT2D eigenvalue weighted by Crippen LogP contribution is -2.33. The van der Waals surface area contributed by atoms with Gasteiger partial charge in [-0.25, -0.2) is 9.37 Å². The fourth-order valence-corrected chi connectivity index (χ4v) is 4.18. The van der Waals surface area contributed by atoms with Crippen LogP contribution in [0.5, 0.6) is 0 Å². The van der Waals surface area contributed by atoms with Crippen molar-refractivity contribution < 1.29 is 9.18 Å². The summed E-state index contributed by atoms with van der Waals surface area (Å²) in [5.74, 6) is 0.141. The van der Waals surface area contributed by atoms with Crippen LogP contribution in [0.2, 0.25) is 0 Å². The Balaban J connectivity index is 1.42. The Hall–Kier alpha value is -2.25. The van der Waals surface area contributed by atoms with Crippen molar-refractivity contribution in [3.63, 3.8) is 0 Å². The number of aromatic nitrogens is 2. The average Bonchev–Trinajstić information content (AvgIpc) is 3.21. The largest absolute Gasteiger partial charge is 0.351 e. The van der Waals surface area contributed by atoms with Gasteiger partial charge in [-0.2, -0.15) is 0 Å². The number of fused-ring (bicyclic) bond motifs is 1. The van der Waals surface area contributed by atoms with Crippen molar-refractivity contribution in [1.29, 1.82) is 0 Å². The second kappa shape index (κ2) is 7.17. The predicted molar refractivity (Wildman–Crippen MR) is 102 cm³/mol. The van der Waals surface area contributed by atoms with E-state index < -0.39 is 0 Å². The van der Waals surface area contributed by atoms with Crippen molar-refractivity contribution >= 4 is 33.3 Å². The molecule has 7 heteroatoms. The Morgan fingerprint density at radius 3 is 3.19 bits per heavy atom. The molecule has 2 N–H and O–H groups in total. The second-order valence-corrected chi connectivity index (χ2v) is 7.85. The van der Waals surface area contributed by atoms with Gasteiger partial charge in [0.2, 0.25) is 0 Å². The third-order valence-electron chi connectivity index (χ3n) is 4.73. The van der Waals surface area contributed by atoms with Gasteiger partial charge in [-0.05, 0) is 49.6 Å². The monoisotopic (exact) mass is 372 g/mol. The molecular weight excluding hydrogens is 351 g/mol. The zero-order chi connectivity index (χ0) is 18.1. The fourth-order valence-electron chi connectivity index (χ4n) is 3.49. The number of halogens is 1. The number of nitrogens with zero attached hydrogens (tertiary/aromatic N) is 2. The zero-order valence-corrected chi connectivity index (χ0v) is 15.4. The first-order valence-corrected chi connectivity index (χ1v) is 9.71. The number of anilines is 1. The van der Waals surface area contributed by atoms with E-state index >= 15 is 0 Å². The number of aromatic amines is 1. The molecule has 1 amide bonds. The number of thiazole rings is 1. The summed E-state index contributed by atoms with van der Waals surface area (Å²) in [7, 11) is 0. The molecule has 0 aliphatic carbocycles. The molecule has 1 unspecified atom stereocenters. The number of H-pyrrole nitrogens is 1. The molecule has 3 heterocycles. The molecule has 1 aliphatic rings. The lowest BCUT2D eigenvalue weighted by Gasteiger charge is -2.30. The molecule has 26 heavy (non-hydrogen) atoms. The summed E-state index contributed by atoms with van der Waals surface area (Å²) in [5, 5.41) is 6.08. The molecule has 0 radical (unpaired) electrons. The van der Waals surface area contributed by atoms with Crippen LogP contribution in [0.25, 0.3) is 10.9 Å². The first-order valence-electron chi connectivity index (χ1n) is 8.83. The lowest BCUT2D eigenvalue weighted by molar-refractivity contribution is 0.102. The highest BCUT2D eigenvalue weighted by atomic mass is 32.1. The maximum absolute atomic E-state index is 13.3. The first kappa shape index (κ1) is 17.2. The van der Waals surface area contributed by atoms with Gasteiger partial charge < -0.3 is 4.98 Å². The van der Waals surface area contributed by atoms with Gasteiger partial charge in [0.1, 0.15) is 11.5 Å². The fraction of sp³-hybridized carbons (Fsp3) is 0.368. The second-order valence-electron chi connectivity index (χ2n) is 7.00. The van der Waals surface area contributed by atoms with Crippen LogP contribution in [-0.2, 0) is 6.54 Å². The summed E-state index contributed by atoms with van der Waals surface area (Å²) < 4.78 is 13.3. The quantitative estimate of drug-likeness (QED) is 0.720. The number of piperidine rings is 1. The smallest absolute Gasteiger partial charge is 0.273 e. The van der Waals surface area contributed by atoms with E-state index in [9.17, 15) is 9.18 Å². The maximum atomic E-state index is 13.3. The number of hydrogen-bond donors (Lipinski definition) is 2. The Kier molecular flexibility index (Phi) is 4.74. The summed E-state index contributed by atoms with van der Waals surface area (Å²) in [5.41, 5.74) is 2.11. The van der Waals surface area contributed by atoms with E-state index in [1.807, 2.05) is 5.38 Å². The van der Waals surface area contributed by atoms with Crippen LogP contribution in [0.1, 0.15) is 35.9 Å². The minimum atomic E-state index is -0.319. The van der Waals surface area contributed by atoms with E-state index in [1.54, 1.807) is 12.1 Å². The Morgan fingerprint density at radius 2 is 2.35 bits per heavy atom. The molecule has 1 aliphatic heterocycles. The van der Waals surface area contributed by atoms with Crippen LogP contribution in [0.15, 0.2) is 29.6 Å². The Morgan fingerprint density at radius 1 is 1.46 bits per heavy atom. The van der Waals surface area contributed by atoms with Crippen molar-refractivity contribution in [1.82, 2.24) is 14.9 Å². The van der Waals surface area contributed by atoms with Gasteiger partial charge >= 0.3 is 0 Å². The highest BCUT2D eigenvalue weighted by Crippen LogP contribution is 2.22. The molecule has 0 saturated carbocycles. The molecule has 5 nitrogen and oxygen atoms in total. The van der Waals surface area contributed by atoms with Crippen LogP contribution in [0.3, 0.4) is 0 Å². The van der Waals surface area contributed by atoms with E-state index in [1.165, 1.54) is 36.3 Å². The summed E-state index contributed by atoms with van der Waals surface area (Å²) in [6.07, 6.45) is 2.53. The lowest BCUT2D eigenvalue weighted by atomic mass is 10.0. The molecule has 4 rings (SSSR count). The van der Waals surface area contributed by atoms with E-state index in [0.29, 0.717) is 16.2 Å². The van der Waals surface area contributed by atoms with Gasteiger partial charge in [-0.15, -0.1) is 11.3 Å². The average molecular weight is 372 g/mol. The normalized spacial score (nSPS) is 18.3. The van der Waals surface area contributed by atoms with Crippen LogP contribution < -0.4 is 5.32 Å². The number of likely N-dealkylation sites (tertiary alicyclic amines) is 1. The molecule has 1 fully saturated rings. The van der Waals surface area contributed by atoms with E-state index in [0.717, 1.165) is 36.8 Å². The number of rotatable bonds is 4. The minimum absolute atomic E-state index is 0.269. The topological polar surface area (TPSA) is 61.0 Å². The van der Waals surface area contributed by atoms with Gasteiger partial charge in [-0.1, -0.05) is 6.92 Å². The highest BCUT2D eigenvalue weighted by molar-refractivity contribution is 7.13. The van der Waals surface area contributed by atoms with Crippen molar-refractivity contribution in [3.05, 3.63) is 46.9 Å². The van der Waals surface area contributed by atoms with Gasteiger partial charge in [0.15, 0.2) is 5.13 Å². The highest BCUT2D eigenvalue weighted by Gasteiger charge is 2.18. The molecule has 1 saturated heterocycles. The zero-order valence-electron chi connectivity index (χ0n) is 14.6.